The molecule has 0 aliphatic heterocycles. The lowest BCUT2D eigenvalue weighted by Crippen LogP contribution is -2.54. The molecule has 0 aromatic heterocycles. The first-order valence-electron chi connectivity index (χ1n) is 6.79. The minimum atomic E-state index is -3.07. The van der Waals surface area contributed by atoms with Crippen LogP contribution < -0.4 is 15.8 Å². The Morgan fingerprint density at radius 3 is 2.52 bits per heavy atom. The molecule has 118 valence electrons. The van der Waals surface area contributed by atoms with Crippen LogP contribution in [-0.2, 0) is 0 Å². The lowest BCUT2D eigenvalue weighted by atomic mass is 9.75. The number of benzene rings is 1. The Morgan fingerprint density at radius 2 is 2.05 bits per heavy atom. The van der Waals surface area contributed by atoms with Crippen molar-refractivity contribution in [2.45, 2.75) is 31.4 Å². The van der Waals surface area contributed by atoms with Gasteiger partial charge in [-0.1, -0.05) is 0 Å². The Bertz CT molecular complexity index is 504. The minimum Gasteiger partial charge on any atom is -0.432 e. The predicted octanol–water partition coefficient (Wildman–Crippen LogP) is 2.91. The Hall–Kier alpha value is -1.63. The van der Waals surface area contributed by atoms with Crippen LogP contribution >= 0.6 is 0 Å². The minimum absolute atomic E-state index is 0.0323. The standard InChI is InChI=1S/C14H20F3N3O/c1-20(2)14(4-3-5-14)8-19-11-7-12(21-13(16)17)9(15)6-10(11)18/h6-7,13,19H,3-5,8,18H2,1-2H3. The second-order valence-electron chi connectivity index (χ2n) is 5.57. The quantitative estimate of drug-likeness (QED) is 0.793. The maximum absolute atomic E-state index is 13.5. The highest BCUT2D eigenvalue weighted by Gasteiger charge is 2.38. The van der Waals surface area contributed by atoms with Gasteiger partial charge in [0, 0.05) is 24.2 Å². The van der Waals surface area contributed by atoms with Crippen molar-refractivity contribution in [3.05, 3.63) is 17.9 Å². The van der Waals surface area contributed by atoms with Gasteiger partial charge in [0.15, 0.2) is 11.6 Å². The summed E-state index contributed by atoms with van der Waals surface area (Å²) in [5.41, 5.74) is 6.33. The highest BCUT2D eigenvalue weighted by atomic mass is 19.3. The molecular weight excluding hydrogens is 283 g/mol. The SMILES string of the molecule is CN(C)C1(CNc2cc(OC(F)F)c(F)cc2N)CCC1. The van der Waals surface area contributed by atoms with E-state index in [1.807, 2.05) is 14.1 Å². The maximum atomic E-state index is 13.5. The molecule has 7 heteroatoms. The van der Waals surface area contributed by atoms with E-state index < -0.39 is 18.2 Å². The van der Waals surface area contributed by atoms with Crippen molar-refractivity contribution in [2.24, 2.45) is 0 Å². The molecule has 0 bridgehead atoms. The Kier molecular flexibility index (Phi) is 4.51. The number of nitrogens with one attached hydrogen (secondary N) is 1. The molecule has 0 heterocycles. The van der Waals surface area contributed by atoms with Crippen molar-refractivity contribution in [3.8, 4) is 5.75 Å². The molecule has 0 spiro atoms. The fraction of sp³-hybridized carbons (Fsp3) is 0.571. The summed E-state index contributed by atoms with van der Waals surface area (Å²) in [6, 6.07) is 2.17. The van der Waals surface area contributed by atoms with Crippen LogP contribution in [0.4, 0.5) is 24.5 Å². The molecule has 1 saturated carbocycles. The third kappa shape index (κ3) is 3.34. The van der Waals surface area contributed by atoms with Crippen molar-refractivity contribution < 1.29 is 17.9 Å². The summed E-state index contributed by atoms with van der Waals surface area (Å²) in [6.45, 7) is -2.46. The molecule has 21 heavy (non-hydrogen) atoms. The number of nitrogen functional groups attached to an aromatic ring is 1. The molecule has 0 saturated heterocycles. The molecule has 1 aliphatic rings. The van der Waals surface area contributed by atoms with Gasteiger partial charge in [0.25, 0.3) is 0 Å². The zero-order valence-electron chi connectivity index (χ0n) is 12.1. The number of nitrogens with zero attached hydrogens (tertiary/aromatic N) is 1. The second-order valence-corrected chi connectivity index (χ2v) is 5.57. The molecule has 1 aliphatic carbocycles. The smallest absolute Gasteiger partial charge is 0.387 e. The van der Waals surface area contributed by atoms with Gasteiger partial charge in [0.1, 0.15) is 0 Å². The molecule has 1 aromatic rings. The summed E-state index contributed by atoms with van der Waals surface area (Å²) >= 11 is 0. The number of hydrogen-bond donors (Lipinski definition) is 2. The van der Waals surface area contributed by atoms with E-state index in [0.29, 0.717) is 12.2 Å². The molecule has 1 fully saturated rings. The van der Waals surface area contributed by atoms with Crippen LogP contribution in [0, 0.1) is 5.82 Å². The van der Waals surface area contributed by atoms with E-state index in [1.54, 1.807) is 0 Å². The van der Waals surface area contributed by atoms with E-state index in [2.05, 4.69) is 15.0 Å². The van der Waals surface area contributed by atoms with Gasteiger partial charge in [-0.3, -0.25) is 0 Å². The lowest BCUT2D eigenvalue weighted by Gasteiger charge is -2.47. The van der Waals surface area contributed by atoms with E-state index in [1.165, 1.54) is 6.07 Å². The third-order valence-electron chi connectivity index (χ3n) is 4.16. The average Bonchev–Trinajstić information content (AvgIpc) is 2.32. The second kappa shape index (κ2) is 6.01. The summed E-state index contributed by atoms with van der Waals surface area (Å²) in [7, 11) is 4.00. The van der Waals surface area contributed by atoms with Crippen LogP contribution in [0.15, 0.2) is 12.1 Å². The largest absolute Gasteiger partial charge is 0.432 e. The van der Waals surface area contributed by atoms with Gasteiger partial charge in [0.05, 0.1) is 11.4 Å². The molecule has 0 radical (unpaired) electrons. The number of anilines is 2. The van der Waals surface area contributed by atoms with Crippen molar-refractivity contribution in [1.82, 2.24) is 4.90 Å². The first-order chi connectivity index (χ1) is 9.84. The Balaban J connectivity index is 2.12. The number of nitrogens with two attached hydrogens (primary N) is 1. The van der Waals surface area contributed by atoms with Crippen molar-refractivity contribution in [1.29, 1.82) is 0 Å². The fourth-order valence-electron chi connectivity index (χ4n) is 2.53. The number of hydrogen-bond acceptors (Lipinski definition) is 4. The van der Waals surface area contributed by atoms with Gasteiger partial charge >= 0.3 is 6.61 Å². The Labute approximate surface area is 122 Å². The van der Waals surface area contributed by atoms with Crippen LogP contribution in [0.5, 0.6) is 5.75 Å². The molecule has 1 aromatic carbocycles. The Morgan fingerprint density at radius 1 is 1.38 bits per heavy atom. The maximum Gasteiger partial charge on any atom is 0.387 e. The molecule has 0 amide bonds. The molecule has 4 nitrogen and oxygen atoms in total. The van der Waals surface area contributed by atoms with Crippen LogP contribution in [-0.4, -0.2) is 37.7 Å². The number of alkyl halides is 2. The topological polar surface area (TPSA) is 50.5 Å². The van der Waals surface area contributed by atoms with Crippen molar-refractivity contribution in [2.75, 3.05) is 31.7 Å². The molecule has 3 N–H and O–H groups in total. The first-order valence-corrected chi connectivity index (χ1v) is 6.79. The van der Waals surface area contributed by atoms with Crippen LogP contribution in [0.1, 0.15) is 19.3 Å². The summed E-state index contributed by atoms with van der Waals surface area (Å²) < 4.78 is 42.1. The van der Waals surface area contributed by atoms with Crippen LogP contribution in [0.2, 0.25) is 0 Å². The van der Waals surface area contributed by atoms with E-state index in [0.717, 1.165) is 25.3 Å². The highest BCUT2D eigenvalue weighted by molar-refractivity contribution is 5.68. The van der Waals surface area contributed by atoms with Crippen LogP contribution in [0.25, 0.3) is 0 Å². The van der Waals surface area contributed by atoms with Gasteiger partial charge in [0.2, 0.25) is 0 Å². The van der Waals surface area contributed by atoms with Gasteiger partial charge < -0.3 is 20.7 Å². The van der Waals surface area contributed by atoms with E-state index in [9.17, 15) is 13.2 Å². The van der Waals surface area contributed by atoms with E-state index >= 15 is 0 Å². The monoisotopic (exact) mass is 303 g/mol. The van der Waals surface area contributed by atoms with Gasteiger partial charge in [-0.25, -0.2) is 4.39 Å². The van der Waals surface area contributed by atoms with E-state index in [-0.39, 0.29) is 11.2 Å². The fourth-order valence-corrected chi connectivity index (χ4v) is 2.53. The molecule has 0 unspecified atom stereocenters. The lowest BCUT2D eigenvalue weighted by molar-refractivity contribution is -0.0521. The number of likely N-dealkylation sites (N-methyl/N-ethyl adjacent to an activating group) is 1. The van der Waals surface area contributed by atoms with Gasteiger partial charge in [-0.2, -0.15) is 8.78 Å². The van der Waals surface area contributed by atoms with Gasteiger partial charge in [-0.15, -0.1) is 0 Å². The average molecular weight is 303 g/mol. The number of ether oxygens (including phenoxy) is 1. The van der Waals surface area contributed by atoms with Crippen LogP contribution in [0.3, 0.4) is 0 Å². The van der Waals surface area contributed by atoms with Crippen molar-refractivity contribution >= 4 is 11.4 Å². The number of halogens is 3. The van der Waals surface area contributed by atoms with Crippen molar-refractivity contribution in [3.63, 3.8) is 0 Å². The van der Waals surface area contributed by atoms with E-state index in [4.69, 9.17) is 5.73 Å². The molecular formula is C14H20F3N3O. The summed E-state index contributed by atoms with van der Waals surface area (Å²) in [6.07, 6.45) is 3.25. The number of rotatable bonds is 6. The van der Waals surface area contributed by atoms with Gasteiger partial charge in [-0.05, 0) is 33.4 Å². The zero-order chi connectivity index (χ0) is 15.6. The normalized spacial score (nSPS) is 16.9. The molecule has 2 rings (SSSR count). The summed E-state index contributed by atoms with van der Waals surface area (Å²) in [5, 5.41) is 3.12. The highest BCUT2D eigenvalue weighted by Crippen LogP contribution is 2.37. The molecule has 0 atom stereocenters. The predicted molar refractivity (Wildman–Crippen MR) is 76.2 cm³/mol. The zero-order valence-corrected chi connectivity index (χ0v) is 12.1. The summed E-state index contributed by atoms with van der Waals surface area (Å²) in [5.74, 6) is -1.40. The first kappa shape index (κ1) is 15.8. The summed E-state index contributed by atoms with van der Waals surface area (Å²) in [4.78, 5) is 2.14. The third-order valence-corrected chi connectivity index (χ3v) is 4.16.